The van der Waals surface area contributed by atoms with E-state index >= 15 is 0 Å². The quantitative estimate of drug-likeness (QED) is 0.724. The van der Waals surface area contributed by atoms with Gasteiger partial charge in [0.15, 0.2) is 0 Å². The molecule has 1 unspecified atom stereocenters. The molecule has 1 aromatic heterocycles. The summed E-state index contributed by atoms with van der Waals surface area (Å²) in [4.78, 5) is 12.3. The fourth-order valence-corrected chi connectivity index (χ4v) is 3.29. The summed E-state index contributed by atoms with van der Waals surface area (Å²) in [5.41, 5.74) is 2.20. The maximum absolute atomic E-state index is 12.3. The van der Waals surface area contributed by atoms with E-state index in [-0.39, 0.29) is 18.3 Å². The first-order valence-electron chi connectivity index (χ1n) is 7.54. The number of aromatic nitrogens is 2. The predicted molar refractivity (Wildman–Crippen MR) is 96.9 cm³/mol. The van der Waals surface area contributed by atoms with Gasteiger partial charge in [-0.1, -0.05) is 30.3 Å². The molecule has 1 aliphatic rings. The Balaban J connectivity index is 0.00000192. The smallest absolute Gasteiger partial charge is 0.270 e. The average molecular weight is 400 g/mol. The minimum Gasteiger partial charge on any atom is -0.351 e. The monoisotopic (exact) mass is 398 g/mol. The third kappa shape index (κ3) is 4.34. The zero-order valence-corrected chi connectivity index (χ0v) is 15.0. The Morgan fingerprint density at radius 1 is 1.35 bits per heavy atom. The highest BCUT2D eigenvalue weighted by Crippen LogP contribution is 2.28. The van der Waals surface area contributed by atoms with Crippen molar-refractivity contribution in [2.24, 2.45) is 5.92 Å². The molecule has 1 fully saturated rings. The van der Waals surface area contributed by atoms with Gasteiger partial charge >= 0.3 is 0 Å². The molecule has 0 saturated carbocycles. The highest BCUT2D eigenvalue weighted by atomic mass is 79.9. The third-order valence-corrected chi connectivity index (χ3v) is 4.75. The first-order chi connectivity index (χ1) is 10.8. The summed E-state index contributed by atoms with van der Waals surface area (Å²) < 4.78 is 0.707. The summed E-state index contributed by atoms with van der Waals surface area (Å²) in [5.74, 6) is 0.554. The summed E-state index contributed by atoms with van der Waals surface area (Å²) in [6, 6.07) is 9.79. The van der Waals surface area contributed by atoms with Gasteiger partial charge in [-0.2, -0.15) is 5.10 Å². The number of amides is 1. The van der Waals surface area contributed by atoms with Gasteiger partial charge in [0, 0.05) is 12.1 Å². The second-order valence-corrected chi connectivity index (χ2v) is 6.32. The van der Waals surface area contributed by atoms with Crippen LogP contribution in [0.4, 0.5) is 0 Å². The van der Waals surface area contributed by atoms with Crippen molar-refractivity contribution in [3.8, 4) is 11.3 Å². The number of H-pyrrole nitrogens is 1. The molecule has 1 aromatic carbocycles. The van der Waals surface area contributed by atoms with Gasteiger partial charge in [-0.3, -0.25) is 9.89 Å². The molecule has 3 rings (SSSR count). The molecule has 1 amide bonds. The number of hydrogen-bond donors (Lipinski definition) is 3. The highest BCUT2D eigenvalue weighted by molar-refractivity contribution is 9.10. The van der Waals surface area contributed by atoms with Crippen LogP contribution in [-0.4, -0.2) is 35.7 Å². The van der Waals surface area contributed by atoms with Gasteiger partial charge in [0.2, 0.25) is 0 Å². The number of benzene rings is 1. The van der Waals surface area contributed by atoms with Crippen LogP contribution in [0.3, 0.4) is 0 Å². The van der Waals surface area contributed by atoms with E-state index in [4.69, 9.17) is 0 Å². The fraction of sp³-hybridized carbons (Fsp3) is 0.375. The molecule has 1 aliphatic heterocycles. The minimum atomic E-state index is -0.118. The second-order valence-electron chi connectivity index (χ2n) is 5.53. The molecule has 5 nitrogen and oxygen atoms in total. The van der Waals surface area contributed by atoms with Crippen molar-refractivity contribution in [1.29, 1.82) is 0 Å². The van der Waals surface area contributed by atoms with Gasteiger partial charge in [0.1, 0.15) is 11.4 Å². The number of nitrogens with one attached hydrogen (secondary N) is 3. The van der Waals surface area contributed by atoms with Crippen molar-refractivity contribution >= 4 is 34.2 Å². The van der Waals surface area contributed by atoms with E-state index in [0.717, 1.165) is 30.8 Å². The van der Waals surface area contributed by atoms with Gasteiger partial charge in [-0.05, 0) is 47.8 Å². The fourth-order valence-electron chi connectivity index (χ4n) is 2.71. The number of carbonyl (C=O) groups is 1. The molecule has 0 aliphatic carbocycles. The largest absolute Gasteiger partial charge is 0.351 e. The van der Waals surface area contributed by atoms with Gasteiger partial charge in [0.25, 0.3) is 5.91 Å². The average Bonchev–Trinajstić information content (AvgIpc) is 3.18. The van der Waals surface area contributed by atoms with Crippen LogP contribution in [0.15, 0.2) is 34.8 Å². The SMILES string of the molecule is Cl.O=C(NCCC1CCNC1)c1[nH]nc(-c2ccccc2)c1Br. The summed E-state index contributed by atoms with van der Waals surface area (Å²) in [5, 5.41) is 13.4. The molecule has 1 atom stereocenters. The normalized spacial score (nSPS) is 16.8. The lowest BCUT2D eigenvalue weighted by Gasteiger charge is -2.08. The molecule has 2 heterocycles. The molecule has 3 N–H and O–H groups in total. The summed E-state index contributed by atoms with van der Waals surface area (Å²) >= 11 is 3.48. The number of halogens is 2. The van der Waals surface area contributed by atoms with Crippen LogP contribution < -0.4 is 10.6 Å². The van der Waals surface area contributed by atoms with E-state index in [1.165, 1.54) is 6.42 Å². The number of hydrogen-bond acceptors (Lipinski definition) is 3. The van der Waals surface area contributed by atoms with Crippen LogP contribution in [0.25, 0.3) is 11.3 Å². The Kier molecular flexibility index (Phi) is 6.62. The van der Waals surface area contributed by atoms with E-state index in [2.05, 4.69) is 36.8 Å². The number of aromatic amines is 1. The van der Waals surface area contributed by atoms with Crippen molar-refractivity contribution in [1.82, 2.24) is 20.8 Å². The summed E-state index contributed by atoms with van der Waals surface area (Å²) in [6.07, 6.45) is 2.21. The standard InChI is InChI=1S/C16H19BrN4O.ClH/c17-13-14(12-4-2-1-3-5-12)20-21-15(13)16(22)19-9-7-11-6-8-18-10-11;/h1-5,11,18H,6-10H2,(H,19,22)(H,20,21);1H. The first kappa shape index (κ1) is 18.0. The van der Waals surface area contributed by atoms with Crippen LogP contribution >= 0.6 is 28.3 Å². The number of carbonyl (C=O) groups excluding carboxylic acids is 1. The molecule has 23 heavy (non-hydrogen) atoms. The highest BCUT2D eigenvalue weighted by Gasteiger charge is 2.19. The van der Waals surface area contributed by atoms with E-state index in [9.17, 15) is 4.79 Å². The van der Waals surface area contributed by atoms with Crippen LogP contribution in [-0.2, 0) is 0 Å². The van der Waals surface area contributed by atoms with E-state index < -0.39 is 0 Å². The number of nitrogens with zero attached hydrogens (tertiary/aromatic N) is 1. The van der Waals surface area contributed by atoms with Gasteiger partial charge in [0.05, 0.1) is 4.47 Å². The molecule has 2 aromatic rings. The Morgan fingerprint density at radius 2 is 2.13 bits per heavy atom. The predicted octanol–water partition coefficient (Wildman–Crippen LogP) is 2.99. The van der Waals surface area contributed by atoms with E-state index in [1.54, 1.807) is 0 Å². The van der Waals surface area contributed by atoms with E-state index in [1.807, 2.05) is 30.3 Å². The lowest BCUT2D eigenvalue weighted by atomic mass is 10.1. The van der Waals surface area contributed by atoms with Gasteiger partial charge in [-0.15, -0.1) is 12.4 Å². The number of rotatable bonds is 5. The Labute approximate surface area is 150 Å². The molecular formula is C16H20BrClN4O. The van der Waals surface area contributed by atoms with Crippen molar-refractivity contribution in [3.63, 3.8) is 0 Å². The Morgan fingerprint density at radius 3 is 2.83 bits per heavy atom. The lowest BCUT2D eigenvalue weighted by Crippen LogP contribution is -2.27. The van der Waals surface area contributed by atoms with Crippen molar-refractivity contribution < 1.29 is 4.79 Å². The van der Waals surface area contributed by atoms with Gasteiger partial charge < -0.3 is 10.6 Å². The molecule has 7 heteroatoms. The minimum absolute atomic E-state index is 0. The van der Waals surface area contributed by atoms with Crippen LogP contribution in [0, 0.1) is 5.92 Å². The maximum Gasteiger partial charge on any atom is 0.270 e. The Bertz CT molecular complexity index is 641. The second kappa shape index (κ2) is 8.47. The molecule has 124 valence electrons. The van der Waals surface area contributed by atoms with Crippen molar-refractivity contribution in [3.05, 3.63) is 40.5 Å². The molecule has 0 spiro atoms. The van der Waals surface area contributed by atoms with E-state index in [0.29, 0.717) is 22.6 Å². The maximum atomic E-state index is 12.3. The van der Waals surface area contributed by atoms with Crippen molar-refractivity contribution in [2.45, 2.75) is 12.8 Å². The van der Waals surface area contributed by atoms with Gasteiger partial charge in [-0.25, -0.2) is 0 Å². The topological polar surface area (TPSA) is 69.8 Å². The third-order valence-electron chi connectivity index (χ3n) is 3.98. The molecule has 0 bridgehead atoms. The Hall–Kier alpha value is -1.37. The van der Waals surface area contributed by atoms with Crippen LogP contribution in [0.5, 0.6) is 0 Å². The van der Waals surface area contributed by atoms with Crippen LogP contribution in [0.1, 0.15) is 23.3 Å². The molecular weight excluding hydrogens is 380 g/mol. The summed E-state index contributed by atoms with van der Waals surface area (Å²) in [7, 11) is 0. The zero-order chi connectivity index (χ0) is 15.4. The van der Waals surface area contributed by atoms with Crippen LogP contribution in [0.2, 0.25) is 0 Å². The molecule has 0 radical (unpaired) electrons. The lowest BCUT2D eigenvalue weighted by molar-refractivity contribution is 0.0946. The first-order valence-corrected chi connectivity index (χ1v) is 8.33. The van der Waals surface area contributed by atoms with Crippen molar-refractivity contribution in [2.75, 3.05) is 19.6 Å². The summed E-state index contributed by atoms with van der Waals surface area (Å²) in [6.45, 7) is 2.84. The molecule has 1 saturated heterocycles. The zero-order valence-electron chi connectivity index (χ0n) is 12.6.